The van der Waals surface area contributed by atoms with Crippen LogP contribution < -0.4 is 4.74 Å². The van der Waals surface area contributed by atoms with Gasteiger partial charge in [0.15, 0.2) is 0 Å². The predicted octanol–water partition coefficient (Wildman–Crippen LogP) is 9.96. The number of aromatic nitrogens is 3. The first-order chi connectivity index (χ1) is 21.1. The molecule has 0 N–H and O–H groups in total. The zero-order chi connectivity index (χ0) is 28.4. The Morgan fingerprint density at radius 1 is 0.581 bits per heavy atom. The zero-order valence-electron chi connectivity index (χ0n) is 23.7. The molecule has 1 aliphatic carbocycles. The number of fused-ring (bicyclic) bond motifs is 10. The SMILES string of the molecule is CC1(C)c2ccccc2-c2cc3c4c5ccccc5ccc4n(-c4nc5c6c(cccc6n4)Oc4ccccc4-5)c3cc21. The van der Waals surface area contributed by atoms with Crippen LogP contribution in [0.2, 0.25) is 0 Å². The molecule has 0 spiro atoms. The summed E-state index contributed by atoms with van der Waals surface area (Å²) < 4.78 is 8.56. The molecule has 4 nitrogen and oxygen atoms in total. The number of hydrogen-bond acceptors (Lipinski definition) is 3. The van der Waals surface area contributed by atoms with Crippen molar-refractivity contribution in [1.82, 2.24) is 14.5 Å². The molecule has 0 radical (unpaired) electrons. The molecule has 43 heavy (non-hydrogen) atoms. The van der Waals surface area contributed by atoms with E-state index in [0.29, 0.717) is 5.95 Å². The van der Waals surface area contributed by atoms with Crippen molar-refractivity contribution in [2.24, 2.45) is 0 Å². The van der Waals surface area contributed by atoms with E-state index in [-0.39, 0.29) is 5.41 Å². The number of hydrogen-bond donors (Lipinski definition) is 0. The summed E-state index contributed by atoms with van der Waals surface area (Å²) in [5.41, 5.74) is 10.2. The summed E-state index contributed by atoms with van der Waals surface area (Å²) in [6.45, 7) is 4.67. The van der Waals surface area contributed by atoms with Crippen molar-refractivity contribution in [3.8, 4) is 39.8 Å². The lowest BCUT2D eigenvalue weighted by molar-refractivity contribution is 0.486. The van der Waals surface area contributed by atoms with Crippen molar-refractivity contribution >= 4 is 43.5 Å². The predicted molar refractivity (Wildman–Crippen MR) is 174 cm³/mol. The monoisotopic (exact) mass is 551 g/mol. The zero-order valence-corrected chi connectivity index (χ0v) is 23.7. The van der Waals surface area contributed by atoms with Gasteiger partial charge >= 0.3 is 0 Å². The summed E-state index contributed by atoms with van der Waals surface area (Å²) in [6, 6.07) is 41.0. The molecule has 2 aliphatic rings. The smallest absolute Gasteiger partial charge is 0.235 e. The molecule has 0 saturated heterocycles. The highest BCUT2D eigenvalue weighted by molar-refractivity contribution is 6.22. The lowest BCUT2D eigenvalue weighted by Crippen LogP contribution is -2.15. The van der Waals surface area contributed by atoms with Gasteiger partial charge in [-0.05, 0) is 75.5 Å². The average molecular weight is 552 g/mol. The van der Waals surface area contributed by atoms with Crippen LogP contribution in [0.4, 0.5) is 0 Å². The molecule has 3 heterocycles. The van der Waals surface area contributed by atoms with Gasteiger partial charge in [-0.3, -0.25) is 4.57 Å². The first-order valence-corrected chi connectivity index (χ1v) is 14.8. The molecule has 4 heteroatoms. The van der Waals surface area contributed by atoms with Crippen molar-refractivity contribution in [2.45, 2.75) is 19.3 Å². The first kappa shape index (κ1) is 23.1. The fraction of sp³-hybridized carbons (Fsp3) is 0.0769. The second-order valence-corrected chi connectivity index (χ2v) is 12.2. The summed E-state index contributed by atoms with van der Waals surface area (Å²) in [5.74, 6) is 2.28. The third-order valence-corrected chi connectivity index (χ3v) is 9.59. The second kappa shape index (κ2) is 7.87. The number of ether oxygens (including phenoxy) is 1. The van der Waals surface area contributed by atoms with Gasteiger partial charge in [-0.1, -0.05) is 86.6 Å². The molecule has 2 aromatic heterocycles. The van der Waals surface area contributed by atoms with Gasteiger partial charge in [0.1, 0.15) is 11.5 Å². The van der Waals surface area contributed by atoms with E-state index >= 15 is 0 Å². The highest BCUT2D eigenvalue weighted by Gasteiger charge is 2.36. The summed E-state index contributed by atoms with van der Waals surface area (Å²) in [5, 5.41) is 5.85. The molecular weight excluding hydrogens is 526 g/mol. The minimum absolute atomic E-state index is 0.120. The van der Waals surface area contributed by atoms with Gasteiger partial charge in [0, 0.05) is 21.8 Å². The van der Waals surface area contributed by atoms with Crippen molar-refractivity contribution in [1.29, 1.82) is 0 Å². The quantitative estimate of drug-likeness (QED) is 0.204. The average Bonchev–Trinajstić information content (AvgIpc) is 3.49. The highest BCUT2D eigenvalue weighted by Crippen LogP contribution is 2.52. The molecule has 0 fully saturated rings. The van der Waals surface area contributed by atoms with Crippen LogP contribution in [0.5, 0.6) is 11.5 Å². The van der Waals surface area contributed by atoms with Crippen LogP contribution in [0, 0.1) is 0 Å². The van der Waals surface area contributed by atoms with E-state index in [1.54, 1.807) is 0 Å². The molecule has 6 aromatic carbocycles. The molecule has 10 rings (SSSR count). The van der Waals surface area contributed by atoms with Crippen LogP contribution in [0.15, 0.2) is 115 Å². The molecule has 0 unspecified atom stereocenters. The Kier molecular flexibility index (Phi) is 4.23. The molecule has 1 aliphatic heterocycles. The van der Waals surface area contributed by atoms with Crippen LogP contribution in [0.3, 0.4) is 0 Å². The number of rotatable bonds is 1. The summed E-state index contributed by atoms with van der Waals surface area (Å²) >= 11 is 0. The van der Waals surface area contributed by atoms with E-state index in [0.717, 1.165) is 44.7 Å². The Morgan fingerprint density at radius 2 is 1.37 bits per heavy atom. The minimum atomic E-state index is -0.120. The molecule has 202 valence electrons. The Morgan fingerprint density at radius 3 is 2.30 bits per heavy atom. The van der Waals surface area contributed by atoms with Crippen LogP contribution in [-0.4, -0.2) is 14.5 Å². The minimum Gasteiger partial charge on any atom is -0.456 e. The Bertz CT molecular complexity index is 2520. The molecule has 8 aromatic rings. The lowest BCUT2D eigenvalue weighted by Gasteiger charge is -2.22. The Hall–Kier alpha value is -5.48. The largest absolute Gasteiger partial charge is 0.456 e. The van der Waals surface area contributed by atoms with Gasteiger partial charge in [0.2, 0.25) is 5.95 Å². The normalized spacial score (nSPS) is 14.2. The maximum Gasteiger partial charge on any atom is 0.235 e. The third-order valence-electron chi connectivity index (χ3n) is 9.59. The maximum atomic E-state index is 6.29. The highest BCUT2D eigenvalue weighted by atomic mass is 16.5. The van der Waals surface area contributed by atoms with Crippen molar-refractivity contribution in [3.63, 3.8) is 0 Å². The van der Waals surface area contributed by atoms with E-state index in [9.17, 15) is 0 Å². The fourth-order valence-electron chi connectivity index (χ4n) is 7.59. The number of nitrogens with zero attached hydrogens (tertiary/aromatic N) is 3. The molecular formula is C39H25N3O. The Labute approximate surface area is 247 Å². The van der Waals surface area contributed by atoms with Crippen molar-refractivity contribution < 1.29 is 4.74 Å². The van der Waals surface area contributed by atoms with Gasteiger partial charge in [0.05, 0.1) is 27.6 Å². The summed E-state index contributed by atoms with van der Waals surface area (Å²) in [7, 11) is 0. The van der Waals surface area contributed by atoms with Gasteiger partial charge in [-0.15, -0.1) is 0 Å². The van der Waals surface area contributed by atoms with E-state index in [1.165, 1.54) is 43.8 Å². The molecule has 0 amide bonds. The van der Waals surface area contributed by atoms with E-state index in [1.807, 2.05) is 30.3 Å². The molecule has 0 saturated carbocycles. The Balaban J connectivity index is 1.38. The van der Waals surface area contributed by atoms with Crippen LogP contribution in [0.25, 0.3) is 71.8 Å². The molecule has 0 atom stereocenters. The van der Waals surface area contributed by atoms with Gasteiger partial charge in [0.25, 0.3) is 0 Å². The third kappa shape index (κ3) is 2.90. The van der Waals surface area contributed by atoms with Gasteiger partial charge in [-0.25, -0.2) is 9.97 Å². The van der Waals surface area contributed by atoms with E-state index in [4.69, 9.17) is 14.7 Å². The second-order valence-electron chi connectivity index (χ2n) is 12.2. The van der Waals surface area contributed by atoms with E-state index in [2.05, 4.69) is 103 Å². The van der Waals surface area contributed by atoms with Crippen LogP contribution in [-0.2, 0) is 5.41 Å². The first-order valence-electron chi connectivity index (χ1n) is 14.8. The maximum absolute atomic E-state index is 6.29. The lowest BCUT2D eigenvalue weighted by atomic mass is 9.82. The number of benzene rings is 6. The topological polar surface area (TPSA) is 39.9 Å². The fourth-order valence-corrected chi connectivity index (χ4v) is 7.59. The van der Waals surface area contributed by atoms with Gasteiger partial charge < -0.3 is 4.74 Å². The van der Waals surface area contributed by atoms with Crippen LogP contribution >= 0.6 is 0 Å². The van der Waals surface area contributed by atoms with Crippen LogP contribution in [0.1, 0.15) is 25.0 Å². The van der Waals surface area contributed by atoms with Crippen molar-refractivity contribution in [2.75, 3.05) is 0 Å². The van der Waals surface area contributed by atoms with E-state index < -0.39 is 0 Å². The van der Waals surface area contributed by atoms with Gasteiger partial charge in [-0.2, -0.15) is 0 Å². The van der Waals surface area contributed by atoms with Crippen molar-refractivity contribution in [3.05, 3.63) is 126 Å². The standard InChI is InChI=1S/C39H25N3O/c1-39(2)28-14-7-5-12-24(28)26-20-27-32(21-29(26)39)42(31-19-18-22-10-3-4-11-23(22)35(27)31)38-40-30-15-9-17-34-36(30)37(41-38)25-13-6-8-16-33(25)43-34/h3-21H,1-2H3. The summed E-state index contributed by atoms with van der Waals surface area (Å²) in [4.78, 5) is 10.6. The molecule has 0 bridgehead atoms. The number of para-hydroxylation sites is 1. The summed E-state index contributed by atoms with van der Waals surface area (Å²) in [6.07, 6.45) is 0.